The predicted molar refractivity (Wildman–Crippen MR) is 36.2 cm³/mol. The summed E-state index contributed by atoms with van der Waals surface area (Å²) in [7, 11) is 0. The molecule has 0 spiro atoms. The molecule has 2 heteroatoms. The van der Waals surface area contributed by atoms with Crippen LogP contribution < -0.4 is 0 Å². The molecule has 0 fully saturated rings. The number of hydrogen-bond acceptors (Lipinski definition) is 1. The quantitative estimate of drug-likeness (QED) is 0.460. The highest BCUT2D eigenvalue weighted by Gasteiger charge is 1.80. The summed E-state index contributed by atoms with van der Waals surface area (Å²) in [6.07, 6.45) is 7.21. The van der Waals surface area contributed by atoms with Crippen molar-refractivity contribution < 1.29 is 9.90 Å². The van der Waals surface area contributed by atoms with Crippen molar-refractivity contribution in [2.75, 3.05) is 0 Å². The van der Waals surface area contributed by atoms with Crippen LogP contribution in [-0.2, 0) is 4.79 Å². The zero-order valence-electron chi connectivity index (χ0n) is 5.37. The summed E-state index contributed by atoms with van der Waals surface area (Å²) < 4.78 is 0. The number of hydrogen-bond donors (Lipinski definition) is 1. The molecule has 0 unspecified atom stereocenters. The van der Waals surface area contributed by atoms with Gasteiger partial charge in [0.2, 0.25) is 0 Å². The molecule has 0 aliphatic carbocycles. The van der Waals surface area contributed by atoms with Crippen molar-refractivity contribution in [1.29, 1.82) is 0 Å². The molecule has 1 N–H and O–H groups in total. The SMILES string of the molecule is CC=CCC=CC(=O)O. The second-order valence-electron chi connectivity index (χ2n) is 1.55. The van der Waals surface area contributed by atoms with E-state index >= 15 is 0 Å². The van der Waals surface area contributed by atoms with Crippen LogP contribution in [0.5, 0.6) is 0 Å². The van der Waals surface area contributed by atoms with Gasteiger partial charge in [0, 0.05) is 6.08 Å². The molecule has 0 aromatic heterocycles. The number of carboxylic acid groups (broad SMARTS) is 1. The highest BCUT2D eigenvalue weighted by Crippen LogP contribution is 1.84. The van der Waals surface area contributed by atoms with Crippen molar-refractivity contribution in [1.82, 2.24) is 0 Å². The van der Waals surface area contributed by atoms with Gasteiger partial charge in [-0.1, -0.05) is 18.2 Å². The Labute approximate surface area is 54.5 Å². The van der Waals surface area contributed by atoms with Gasteiger partial charge < -0.3 is 5.11 Å². The maximum atomic E-state index is 9.85. The largest absolute Gasteiger partial charge is 0.478 e. The minimum Gasteiger partial charge on any atom is -0.478 e. The van der Waals surface area contributed by atoms with E-state index in [1.807, 2.05) is 19.1 Å². The van der Waals surface area contributed by atoms with Crippen LogP contribution in [0.25, 0.3) is 0 Å². The van der Waals surface area contributed by atoms with Gasteiger partial charge in [-0.15, -0.1) is 0 Å². The standard InChI is InChI=1S/C7H10O2/c1-2-3-4-5-6-7(8)9/h2-3,5-6H,4H2,1H3,(H,8,9). The lowest BCUT2D eigenvalue weighted by Gasteiger charge is -1.77. The molecule has 0 aromatic rings. The minimum atomic E-state index is -0.889. The van der Waals surface area contributed by atoms with Crippen molar-refractivity contribution >= 4 is 5.97 Å². The third-order valence-electron chi connectivity index (χ3n) is 0.768. The van der Waals surface area contributed by atoms with Crippen molar-refractivity contribution in [3.8, 4) is 0 Å². The minimum absolute atomic E-state index is 0.697. The Morgan fingerprint density at radius 3 is 2.67 bits per heavy atom. The van der Waals surface area contributed by atoms with Crippen molar-refractivity contribution in [2.45, 2.75) is 13.3 Å². The van der Waals surface area contributed by atoms with Crippen LogP contribution in [0.4, 0.5) is 0 Å². The molecule has 50 valence electrons. The summed E-state index contributed by atoms with van der Waals surface area (Å²) in [6.45, 7) is 1.90. The van der Waals surface area contributed by atoms with E-state index in [2.05, 4.69) is 0 Å². The van der Waals surface area contributed by atoms with Gasteiger partial charge in [0.15, 0.2) is 0 Å². The Morgan fingerprint density at radius 2 is 2.22 bits per heavy atom. The van der Waals surface area contributed by atoms with Crippen molar-refractivity contribution in [3.05, 3.63) is 24.3 Å². The third-order valence-corrected chi connectivity index (χ3v) is 0.768. The molecule has 0 radical (unpaired) electrons. The van der Waals surface area contributed by atoms with Gasteiger partial charge in [0.05, 0.1) is 0 Å². The summed E-state index contributed by atoms with van der Waals surface area (Å²) in [5.74, 6) is -0.889. The van der Waals surface area contributed by atoms with Gasteiger partial charge >= 0.3 is 5.97 Å². The van der Waals surface area contributed by atoms with Gasteiger partial charge in [0.25, 0.3) is 0 Å². The molecule has 0 atom stereocenters. The number of rotatable bonds is 3. The fraction of sp³-hybridized carbons (Fsp3) is 0.286. The van der Waals surface area contributed by atoms with E-state index in [4.69, 9.17) is 5.11 Å². The monoisotopic (exact) mass is 126 g/mol. The highest BCUT2D eigenvalue weighted by molar-refractivity contribution is 5.79. The van der Waals surface area contributed by atoms with Crippen LogP contribution in [0.1, 0.15) is 13.3 Å². The van der Waals surface area contributed by atoms with Crippen LogP contribution in [0.15, 0.2) is 24.3 Å². The average molecular weight is 126 g/mol. The van der Waals surface area contributed by atoms with E-state index in [0.29, 0.717) is 6.42 Å². The second-order valence-corrected chi connectivity index (χ2v) is 1.55. The molecular formula is C7H10O2. The first kappa shape index (κ1) is 7.95. The van der Waals surface area contributed by atoms with Gasteiger partial charge in [-0.05, 0) is 13.3 Å². The van der Waals surface area contributed by atoms with Gasteiger partial charge in [-0.25, -0.2) is 4.79 Å². The van der Waals surface area contributed by atoms with E-state index in [1.165, 1.54) is 0 Å². The number of allylic oxidation sites excluding steroid dienone is 3. The average Bonchev–Trinajstić information content (AvgIpc) is 1.80. The summed E-state index contributed by atoms with van der Waals surface area (Å²) in [6, 6.07) is 0. The van der Waals surface area contributed by atoms with E-state index in [9.17, 15) is 4.79 Å². The van der Waals surface area contributed by atoms with E-state index < -0.39 is 5.97 Å². The molecule has 0 rings (SSSR count). The molecule has 0 aliphatic rings. The third kappa shape index (κ3) is 6.95. The molecule has 0 aliphatic heterocycles. The molecule has 0 bridgehead atoms. The fourth-order valence-corrected chi connectivity index (χ4v) is 0.384. The molecule has 2 nitrogen and oxygen atoms in total. The smallest absolute Gasteiger partial charge is 0.327 e. The molecule has 9 heavy (non-hydrogen) atoms. The lowest BCUT2D eigenvalue weighted by atomic mass is 10.3. The topological polar surface area (TPSA) is 37.3 Å². The second kappa shape index (κ2) is 5.09. The van der Waals surface area contributed by atoms with Crippen molar-refractivity contribution in [3.63, 3.8) is 0 Å². The number of carboxylic acids is 1. The van der Waals surface area contributed by atoms with Crippen LogP contribution in [0.2, 0.25) is 0 Å². The molecule has 0 saturated heterocycles. The van der Waals surface area contributed by atoms with E-state index in [-0.39, 0.29) is 0 Å². The van der Waals surface area contributed by atoms with E-state index in [1.54, 1.807) is 6.08 Å². The van der Waals surface area contributed by atoms with Crippen LogP contribution in [-0.4, -0.2) is 11.1 Å². The zero-order valence-corrected chi connectivity index (χ0v) is 5.37. The summed E-state index contributed by atoms with van der Waals surface area (Å²) >= 11 is 0. The Hall–Kier alpha value is -1.05. The lowest BCUT2D eigenvalue weighted by molar-refractivity contribution is -0.131. The maximum Gasteiger partial charge on any atom is 0.327 e. The number of aliphatic carboxylic acids is 1. The van der Waals surface area contributed by atoms with Gasteiger partial charge in [-0.3, -0.25) is 0 Å². The fourth-order valence-electron chi connectivity index (χ4n) is 0.384. The Bertz CT molecular complexity index is 134. The van der Waals surface area contributed by atoms with Crippen molar-refractivity contribution in [2.24, 2.45) is 0 Å². The number of carbonyl (C=O) groups is 1. The molecule has 0 saturated carbocycles. The highest BCUT2D eigenvalue weighted by atomic mass is 16.4. The Balaban J connectivity index is 3.36. The van der Waals surface area contributed by atoms with Crippen LogP contribution in [0, 0.1) is 0 Å². The Morgan fingerprint density at radius 1 is 1.56 bits per heavy atom. The molecule has 0 amide bonds. The summed E-state index contributed by atoms with van der Waals surface area (Å²) in [5.41, 5.74) is 0. The van der Waals surface area contributed by atoms with E-state index in [0.717, 1.165) is 6.08 Å². The normalized spacial score (nSPS) is 11.2. The maximum absolute atomic E-state index is 9.85. The first-order valence-electron chi connectivity index (χ1n) is 2.78. The first-order valence-corrected chi connectivity index (χ1v) is 2.78. The van der Waals surface area contributed by atoms with Crippen LogP contribution in [0.3, 0.4) is 0 Å². The summed E-state index contributed by atoms with van der Waals surface area (Å²) in [5, 5.41) is 8.10. The van der Waals surface area contributed by atoms with Crippen LogP contribution >= 0.6 is 0 Å². The van der Waals surface area contributed by atoms with Gasteiger partial charge in [-0.2, -0.15) is 0 Å². The molecule has 0 heterocycles. The predicted octanol–water partition coefficient (Wildman–Crippen LogP) is 1.59. The lowest BCUT2D eigenvalue weighted by Crippen LogP contribution is -1.84. The summed E-state index contributed by atoms with van der Waals surface area (Å²) in [4.78, 5) is 9.85. The molecular weight excluding hydrogens is 116 g/mol. The first-order chi connectivity index (χ1) is 4.27. The molecule has 0 aromatic carbocycles. The zero-order chi connectivity index (χ0) is 7.11. The Kier molecular flexibility index (Phi) is 4.50. The van der Waals surface area contributed by atoms with Gasteiger partial charge in [0.1, 0.15) is 0 Å².